The van der Waals surface area contributed by atoms with Gasteiger partial charge in [0.15, 0.2) is 5.69 Å². The van der Waals surface area contributed by atoms with Crippen molar-refractivity contribution >= 4 is 5.91 Å². The van der Waals surface area contributed by atoms with E-state index in [0.717, 1.165) is 70.5 Å². The molecular weight excluding hydrogens is 414 g/mol. The SMILES string of the molecule is CCCn1nc(C(=O)N2CCCC2)c2c1CC[C@H](N1CCC(N3C[C@@H](C)O[C@@H](C)C3)CC1)C2. The Balaban J connectivity index is 1.25. The molecule has 7 nitrogen and oxygen atoms in total. The molecule has 0 saturated carbocycles. The number of piperidine rings is 1. The van der Waals surface area contributed by atoms with E-state index < -0.39 is 0 Å². The van der Waals surface area contributed by atoms with Gasteiger partial charge >= 0.3 is 0 Å². The number of amides is 1. The smallest absolute Gasteiger partial charge is 0.274 e. The number of nitrogens with zero attached hydrogens (tertiary/aromatic N) is 5. The first-order valence-electron chi connectivity index (χ1n) is 13.5. The summed E-state index contributed by atoms with van der Waals surface area (Å²) in [4.78, 5) is 20.7. The highest BCUT2D eigenvalue weighted by atomic mass is 16.5. The topological polar surface area (TPSA) is 53.8 Å². The molecule has 3 fully saturated rings. The number of ether oxygens (including phenoxy) is 1. The second kappa shape index (κ2) is 10.0. The summed E-state index contributed by atoms with van der Waals surface area (Å²) in [6.45, 7) is 13.8. The van der Waals surface area contributed by atoms with Crippen LogP contribution in [0.2, 0.25) is 0 Å². The van der Waals surface area contributed by atoms with Crippen LogP contribution in [0.4, 0.5) is 0 Å². The van der Waals surface area contributed by atoms with Gasteiger partial charge in [0.1, 0.15) is 0 Å². The molecule has 1 aliphatic carbocycles. The monoisotopic (exact) mass is 457 g/mol. The summed E-state index contributed by atoms with van der Waals surface area (Å²) in [7, 11) is 0. The van der Waals surface area contributed by atoms with Gasteiger partial charge in [0, 0.05) is 56.1 Å². The Morgan fingerprint density at radius 2 is 1.67 bits per heavy atom. The molecule has 3 atom stereocenters. The molecule has 0 aromatic carbocycles. The number of hydrogen-bond donors (Lipinski definition) is 0. The van der Waals surface area contributed by atoms with E-state index in [1.165, 1.54) is 43.6 Å². The summed E-state index contributed by atoms with van der Waals surface area (Å²) in [5.41, 5.74) is 3.35. The first-order valence-corrected chi connectivity index (χ1v) is 13.5. The zero-order valence-corrected chi connectivity index (χ0v) is 21.0. The molecule has 0 radical (unpaired) electrons. The minimum absolute atomic E-state index is 0.175. The fourth-order valence-electron chi connectivity index (χ4n) is 6.75. The Morgan fingerprint density at radius 1 is 0.970 bits per heavy atom. The maximum Gasteiger partial charge on any atom is 0.274 e. The third-order valence-corrected chi connectivity index (χ3v) is 8.33. The number of carbonyl (C=O) groups is 1. The van der Waals surface area contributed by atoms with E-state index >= 15 is 0 Å². The number of morpholine rings is 1. The van der Waals surface area contributed by atoms with Crippen LogP contribution in [0, 0.1) is 0 Å². The quantitative estimate of drug-likeness (QED) is 0.681. The molecule has 0 unspecified atom stereocenters. The average molecular weight is 458 g/mol. The van der Waals surface area contributed by atoms with Gasteiger partial charge in [-0.25, -0.2) is 0 Å². The maximum atomic E-state index is 13.3. The zero-order valence-electron chi connectivity index (χ0n) is 21.0. The molecule has 0 spiro atoms. The number of hydrogen-bond acceptors (Lipinski definition) is 5. The number of aromatic nitrogens is 2. The minimum atomic E-state index is 0.175. The molecule has 1 aromatic rings. The summed E-state index contributed by atoms with van der Waals surface area (Å²) in [6.07, 6.45) is 9.73. The van der Waals surface area contributed by atoms with Crippen LogP contribution < -0.4 is 0 Å². The van der Waals surface area contributed by atoms with Crippen LogP contribution in [-0.4, -0.2) is 93.9 Å². The lowest BCUT2D eigenvalue weighted by atomic mass is 9.88. The molecule has 184 valence electrons. The number of likely N-dealkylation sites (tertiary alicyclic amines) is 2. The van der Waals surface area contributed by atoms with Gasteiger partial charge in [-0.2, -0.15) is 5.10 Å². The highest BCUT2D eigenvalue weighted by Crippen LogP contribution is 2.31. The Hall–Kier alpha value is -1.44. The van der Waals surface area contributed by atoms with Crippen LogP contribution in [0.1, 0.15) is 81.0 Å². The minimum Gasteiger partial charge on any atom is -0.373 e. The molecule has 0 bridgehead atoms. The van der Waals surface area contributed by atoms with Gasteiger partial charge in [0.05, 0.1) is 12.2 Å². The van der Waals surface area contributed by atoms with E-state index in [-0.39, 0.29) is 5.91 Å². The van der Waals surface area contributed by atoms with Crippen molar-refractivity contribution < 1.29 is 9.53 Å². The molecule has 3 saturated heterocycles. The first-order chi connectivity index (χ1) is 16.0. The highest BCUT2D eigenvalue weighted by Gasteiger charge is 2.36. The van der Waals surface area contributed by atoms with Gasteiger partial charge in [-0.05, 0) is 78.3 Å². The molecule has 3 aliphatic heterocycles. The fraction of sp³-hybridized carbons (Fsp3) is 0.846. The van der Waals surface area contributed by atoms with Gasteiger partial charge in [0.2, 0.25) is 0 Å². The van der Waals surface area contributed by atoms with Crippen LogP contribution in [0.3, 0.4) is 0 Å². The predicted molar refractivity (Wildman–Crippen MR) is 130 cm³/mol. The standard InChI is InChI=1S/C26H43N5O2/c1-4-11-31-24-8-7-22(16-23(24)25(27-31)26(32)29-12-5-6-13-29)28-14-9-21(10-15-28)30-17-19(2)33-20(3)18-30/h19-22H,4-18H2,1-3H3/t19-,20+,22-/m0/s1. The van der Waals surface area contributed by atoms with Crippen molar-refractivity contribution in [2.45, 2.75) is 103 Å². The molecule has 4 heterocycles. The van der Waals surface area contributed by atoms with Gasteiger partial charge in [-0.3, -0.25) is 19.3 Å². The van der Waals surface area contributed by atoms with Crippen LogP contribution in [0.5, 0.6) is 0 Å². The molecule has 1 aromatic heterocycles. The van der Waals surface area contributed by atoms with E-state index in [1.54, 1.807) is 0 Å². The van der Waals surface area contributed by atoms with Gasteiger partial charge in [-0.1, -0.05) is 6.92 Å². The van der Waals surface area contributed by atoms with Gasteiger partial charge in [0.25, 0.3) is 5.91 Å². The molecular formula is C26H43N5O2. The second-order valence-electron chi connectivity index (χ2n) is 10.9. The van der Waals surface area contributed by atoms with Gasteiger partial charge < -0.3 is 9.64 Å². The summed E-state index contributed by atoms with van der Waals surface area (Å²) < 4.78 is 8.11. The Bertz CT molecular complexity index is 815. The van der Waals surface area contributed by atoms with Crippen molar-refractivity contribution in [3.8, 4) is 0 Å². The van der Waals surface area contributed by atoms with Crippen molar-refractivity contribution in [2.75, 3.05) is 39.3 Å². The summed E-state index contributed by atoms with van der Waals surface area (Å²) in [5, 5.41) is 4.88. The number of fused-ring (bicyclic) bond motifs is 1. The van der Waals surface area contributed by atoms with Gasteiger partial charge in [-0.15, -0.1) is 0 Å². The summed E-state index contributed by atoms with van der Waals surface area (Å²) in [6, 6.07) is 1.24. The Kier molecular flexibility index (Phi) is 7.09. The highest BCUT2D eigenvalue weighted by molar-refractivity contribution is 5.94. The van der Waals surface area contributed by atoms with E-state index in [4.69, 9.17) is 9.84 Å². The van der Waals surface area contributed by atoms with Crippen molar-refractivity contribution in [1.29, 1.82) is 0 Å². The third kappa shape index (κ3) is 4.87. The summed E-state index contributed by atoms with van der Waals surface area (Å²) in [5.74, 6) is 0.175. The number of aryl methyl sites for hydroxylation is 1. The third-order valence-electron chi connectivity index (χ3n) is 8.33. The normalized spacial score (nSPS) is 30.0. The van der Waals surface area contributed by atoms with Crippen LogP contribution in [-0.2, 0) is 24.1 Å². The molecule has 0 N–H and O–H groups in total. The lowest BCUT2D eigenvalue weighted by Gasteiger charge is -2.45. The van der Waals surface area contributed by atoms with E-state index in [1.807, 2.05) is 4.90 Å². The Labute approximate surface area is 199 Å². The van der Waals surface area contributed by atoms with Crippen LogP contribution in [0.25, 0.3) is 0 Å². The molecule has 4 aliphatic rings. The van der Waals surface area contributed by atoms with Crippen molar-refractivity contribution in [3.63, 3.8) is 0 Å². The van der Waals surface area contributed by atoms with E-state index in [2.05, 4.69) is 35.3 Å². The van der Waals surface area contributed by atoms with Crippen molar-refractivity contribution in [3.05, 3.63) is 17.0 Å². The van der Waals surface area contributed by atoms with E-state index in [9.17, 15) is 4.79 Å². The van der Waals surface area contributed by atoms with E-state index in [0.29, 0.717) is 24.3 Å². The second-order valence-corrected chi connectivity index (χ2v) is 10.9. The average Bonchev–Trinajstić information content (AvgIpc) is 3.47. The fourth-order valence-corrected chi connectivity index (χ4v) is 6.75. The zero-order chi connectivity index (χ0) is 22.9. The first kappa shape index (κ1) is 23.3. The predicted octanol–water partition coefficient (Wildman–Crippen LogP) is 2.96. The van der Waals surface area contributed by atoms with Crippen molar-refractivity contribution in [2.24, 2.45) is 0 Å². The number of rotatable bonds is 5. The number of carbonyl (C=O) groups excluding carboxylic acids is 1. The summed E-state index contributed by atoms with van der Waals surface area (Å²) >= 11 is 0. The molecule has 33 heavy (non-hydrogen) atoms. The largest absolute Gasteiger partial charge is 0.373 e. The lowest BCUT2D eigenvalue weighted by Crippen LogP contribution is -2.54. The Morgan fingerprint density at radius 3 is 2.33 bits per heavy atom. The van der Waals surface area contributed by atoms with Crippen LogP contribution in [0.15, 0.2) is 0 Å². The molecule has 1 amide bonds. The van der Waals surface area contributed by atoms with Crippen molar-refractivity contribution in [1.82, 2.24) is 24.5 Å². The van der Waals surface area contributed by atoms with Crippen LogP contribution >= 0.6 is 0 Å². The lowest BCUT2D eigenvalue weighted by molar-refractivity contribution is -0.0875. The molecule has 5 rings (SSSR count). The molecule has 7 heteroatoms. The maximum absolute atomic E-state index is 13.3.